The summed E-state index contributed by atoms with van der Waals surface area (Å²) in [5.74, 6) is 0.483. The van der Waals surface area contributed by atoms with Crippen molar-refractivity contribution < 1.29 is 46.6 Å². The first kappa shape index (κ1) is 55.8. The Morgan fingerprint density at radius 2 is 1.59 bits per heavy atom. The number of aromatic nitrogens is 3. The van der Waals surface area contributed by atoms with Crippen LogP contribution in [0.5, 0.6) is 0 Å². The van der Waals surface area contributed by atoms with Crippen LogP contribution in [0.2, 0.25) is 0 Å². The van der Waals surface area contributed by atoms with Crippen molar-refractivity contribution in [3.63, 3.8) is 0 Å². The number of hydrogen-bond donors (Lipinski definition) is 5. The largest absolute Gasteiger partial charge is 0.416 e. The zero-order valence-corrected chi connectivity index (χ0v) is 43.8. The molecule has 75 heavy (non-hydrogen) atoms. The molecule has 3 saturated carbocycles. The summed E-state index contributed by atoms with van der Waals surface area (Å²) in [5, 5.41) is 16.5. The van der Waals surface area contributed by atoms with Gasteiger partial charge in [0.05, 0.1) is 41.7 Å². The minimum absolute atomic E-state index is 0.00273. The Bertz CT molecular complexity index is 2400. The number of nitrogens with one attached hydrogen (secondary N) is 5. The third-order valence-electron chi connectivity index (χ3n) is 16.2. The van der Waals surface area contributed by atoms with Crippen LogP contribution in [0, 0.1) is 29.6 Å². The van der Waals surface area contributed by atoms with Gasteiger partial charge in [-0.3, -0.25) is 29.0 Å². The van der Waals surface area contributed by atoms with Crippen molar-refractivity contribution in [2.45, 2.75) is 153 Å². The van der Waals surface area contributed by atoms with E-state index in [9.17, 15) is 37.1 Å². The smallest absolute Gasteiger partial charge is 0.381 e. The Labute approximate surface area is 438 Å². The quantitative estimate of drug-likeness (QED) is 0.0699. The predicted octanol–water partition coefficient (Wildman–Crippen LogP) is 6.34. The molecule has 0 radical (unpaired) electrons. The molecule has 0 spiro atoms. The fourth-order valence-electron chi connectivity index (χ4n) is 11.9. The average molecular weight is 1050 g/mol. The molecule has 17 nitrogen and oxygen atoms in total. The summed E-state index contributed by atoms with van der Waals surface area (Å²) in [6, 6.07) is 5.64. The van der Waals surface area contributed by atoms with Gasteiger partial charge in [0.15, 0.2) is 0 Å². The average Bonchev–Trinajstić information content (AvgIpc) is 3.91. The summed E-state index contributed by atoms with van der Waals surface area (Å²) in [4.78, 5) is 82.5. The van der Waals surface area contributed by atoms with Gasteiger partial charge in [-0.25, -0.2) is 9.97 Å². The van der Waals surface area contributed by atoms with Crippen molar-refractivity contribution in [1.29, 1.82) is 0 Å². The van der Waals surface area contributed by atoms with Gasteiger partial charge in [0, 0.05) is 88.6 Å². The van der Waals surface area contributed by atoms with Gasteiger partial charge in [-0.2, -0.15) is 13.2 Å². The maximum Gasteiger partial charge on any atom is 0.416 e. The third kappa shape index (κ3) is 14.9. The van der Waals surface area contributed by atoms with E-state index in [1.54, 1.807) is 24.3 Å². The van der Waals surface area contributed by atoms with Crippen LogP contribution in [-0.2, 0) is 39.6 Å². The molecular weight excluding hydrogens is 970 g/mol. The van der Waals surface area contributed by atoms with Gasteiger partial charge < -0.3 is 45.9 Å². The molecule has 20 heteroatoms. The monoisotopic (exact) mass is 1050 g/mol. The van der Waals surface area contributed by atoms with Gasteiger partial charge >= 0.3 is 6.18 Å². The Morgan fingerprint density at radius 1 is 0.853 bits per heavy atom. The van der Waals surface area contributed by atoms with Gasteiger partial charge in [-0.15, -0.1) is 0 Å². The van der Waals surface area contributed by atoms with Crippen LogP contribution in [0.3, 0.4) is 0 Å². The van der Waals surface area contributed by atoms with Crippen LogP contribution in [0.1, 0.15) is 127 Å². The van der Waals surface area contributed by atoms with E-state index >= 15 is 0 Å². The Morgan fingerprint density at radius 3 is 2.29 bits per heavy atom. The summed E-state index contributed by atoms with van der Waals surface area (Å²) < 4.78 is 52.8. The number of halogens is 3. The fraction of sp³-hybridized carbons (Fsp3) is 0.673. The number of carbonyl (C=O) groups is 5. The second-order valence-electron chi connectivity index (χ2n) is 22.1. The van der Waals surface area contributed by atoms with Crippen molar-refractivity contribution in [1.82, 2.24) is 46.0 Å². The first-order chi connectivity index (χ1) is 36.1. The number of nitrogens with zero attached hydrogens (tertiary/aromatic N) is 5. The molecule has 5 fully saturated rings. The summed E-state index contributed by atoms with van der Waals surface area (Å²) in [7, 11) is 1.73. The zero-order valence-electron chi connectivity index (χ0n) is 43.8. The zero-order chi connectivity index (χ0) is 53.1. The molecule has 5 aliphatic rings. The van der Waals surface area contributed by atoms with E-state index < -0.39 is 23.7 Å². The minimum Gasteiger partial charge on any atom is -0.381 e. The standard InChI is InChI=1S/C55H77F3N10O7/c1-34(2)29-61-41-17-19-47(68-23-20-45(54(68)73)65-51-42-26-39(55(56,57)58)14-18-44(42)62-33-63-51)46(27-41)66-52(71)37-12-15-40(16-13-37)64-48(69)7-5-24-74-31-35-8-10-36(11-9-35)32-75-25-22-60-53(72)43-28-49(70)67(3)50(43)38-6-4-21-59-30-38/h4,6,14,18,21,26,30,33-37,40-41,43,45-47,50,61H,5,7-13,15-17,19-20,22-25,27-29,31-32H2,1-3H3,(H,60,72)(H,64,69)(H,66,71)(H,62,63,65)/t35?,36?,37?,40?,41-,43+,45+,46-,47+,50-/m1/s1. The number of pyridine rings is 1. The van der Waals surface area contributed by atoms with Gasteiger partial charge in [-0.1, -0.05) is 19.9 Å². The van der Waals surface area contributed by atoms with E-state index in [-0.39, 0.29) is 83.3 Å². The van der Waals surface area contributed by atoms with E-state index in [2.05, 4.69) is 55.4 Å². The number of anilines is 1. The first-order valence-corrected chi connectivity index (χ1v) is 27.4. The molecule has 6 atom stereocenters. The number of ether oxygens (including phenoxy) is 2. The van der Waals surface area contributed by atoms with Crippen molar-refractivity contribution in [2.75, 3.05) is 58.4 Å². The van der Waals surface area contributed by atoms with Crippen molar-refractivity contribution in [2.24, 2.45) is 29.6 Å². The lowest BCUT2D eigenvalue weighted by Gasteiger charge is -2.42. The number of likely N-dealkylation sites (tertiary alicyclic amines) is 2. The van der Waals surface area contributed by atoms with Gasteiger partial charge in [0.2, 0.25) is 29.5 Å². The van der Waals surface area contributed by atoms with Crippen molar-refractivity contribution in [3.8, 4) is 0 Å². The Kier molecular flexibility index (Phi) is 19.4. The number of amides is 5. The highest BCUT2D eigenvalue weighted by atomic mass is 19.4. The topological polar surface area (TPSA) is 209 Å². The van der Waals surface area contributed by atoms with E-state index in [4.69, 9.17) is 9.47 Å². The molecule has 3 aromatic rings. The number of alkyl halides is 3. The van der Waals surface area contributed by atoms with Crippen LogP contribution >= 0.6 is 0 Å². The predicted molar refractivity (Wildman–Crippen MR) is 276 cm³/mol. The lowest BCUT2D eigenvalue weighted by atomic mass is 9.83. The maximum absolute atomic E-state index is 14.1. The molecule has 2 aromatic heterocycles. The second kappa shape index (κ2) is 26.1. The normalized spacial score (nSPS) is 27.5. The van der Waals surface area contributed by atoms with E-state index in [1.165, 1.54) is 12.4 Å². The number of carbonyl (C=O) groups excluding carboxylic acids is 5. The molecule has 0 bridgehead atoms. The number of fused-ring (bicyclic) bond motifs is 1. The molecule has 3 aliphatic carbocycles. The highest BCUT2D eigenvalue weighted by Crippen LogP contribution is 2.38. The van der Waals surface area contributed by atoms with E-state index in [0.717, 1.165) is 56.3 Å². The number of benzene rings is 1. The van der Waals surface area contributed by atoms with Gasteiger partial charge in [0.1, 0.15) is 18.2 Å². The van der Waals surface area contributed by atoms with Crippen molar-refractivity contribution >= 4 is 46.3 Å². The van der Waals surface area contributed by atoms with E-state index in [0.29, 0.717) is 121 Å². The Hall–Kier alpha value is -5.47. The van der Waals surface area contributed by atoms with Crippen LogP contribution in [0.25, 0.3) is 10.9 Å². The third-order valence-corrected chi connectivity index (χ3v) is 16.2. The summed E-state index contributed by atoms with van der Waals surface area (Å²) in [5.41, 5.74) is 0.368. The fourth-order valence-corrected chi connectivity index (χ4v) is 11.9. The van der Waals surface area contributed by atoms with Crippen LogP contribution in [0.15, 0.2) is 49.1 Å². The molecule has 4 heterocycles. The minimum atomic E-state index is -4.54. The number of hydrogen-bond acceptors (Lipinski definition) is 12. The summed E-state index contributed by atoms with van der Waals surface area (Å²) in [6.07, 6.45) is 10.9. The molecule has 5 N–H and O–H groups in total. The number of rotatable bonds is 22. The summed E-state index contributed by atoms with van der Waals surface area (Å²) >= 11 is 0. The SMILES string of the molecule is CC(C)CN[C@@H]1CC[C@H](N2CC[C@H](Nc3ncnc4ccc(C(F)(F)F)cc34)C2=O)[C@H](NC(=O)C2CCC(NC(=O)CCCOCC3CCC(COCCNC(=O)[C@H]4CC(=O)N(C)[C@@H]4c4cccnc4)CC3)CC2)C1. The second-order valence-corrected chi connectivity index (χ2v) is 22.1. The first-order valence-electron chi connectivity index (χ1n) is 27.4. The van der Waals surface area contributed by atoms with Gasteiger partial charge in [-0.05, 0) is 138 Å². The van der Waals surface area contributed by atoms with Crippen LogP contribution in [0.4, 0.5) is 19.0 Å². The molecule has 2 aliphatic heterocycles. The van der Waals surface area contributed by atoms with Crippen LogP contribution in [-0.4, -0.2) is 138 Å². The highest BCUT2D eigenvalue weighted by molar-refractivity contribution is 5.93. The van der Waals surface area contributed by atoms with E-state index in [1.807, 2.05) is 17.0 Å². The molecule has 410 valence electrons. The maximum atomic E-state index is 14.1. The molecule has 8 rings (SSSR count). The molecule has 5 amide bonds. The summed E-state index contributed by atoms with van der Waals surface area (Å²) in [6.45, 7) is 8.22. The lowest BCUT2D eigenvalue weighted by molar-refractivity contribution is -0.137. The molecular formula is C55H77F3N10O7. The Balaban J connectivity index is 0.698. The lowest BCUT2D eigenvalue weighted by Crippen LogP contribution is -2.59. The van der Waals surface area contributed by atoms with Gasteiger partial charge in [0.25, 0.3) is 0 Å². The highest BCUT2D eigenvalue weighted by Gasteiger charge is 2.45. The molecule has 2 saturated heterocycles. The molecule has 0 unspecified atom stereocenters. The van der Waals surface area contributed by atoms with Crippen molar-refractivity contribution in [3.05, 3.63) is 60.2 Å². The molecule has 1 aromatic carbocycles. The van der Waals surface area contributed by atoms with Crippen LogP contribution < -0.4 is 26.6 Å².